The summed E-state index contributed by atoms with van der Waals surface area (Å²) in [5.41, 5.74) is 1.31. The molecule has 2 rings (SSSR count). The lowest BCUT2D eigenvalue weighted by atomic mass is 10.0. The van der Waals surface area contributed by atoms with Crippen molar-refractivity contribution in [1.82, 2.24) is 0 Å². The molecule has 0 unspecified atom stereocenters. The molecule has 0 radical (unpaired) electrons. The number of hydrogen-bond donors (Lipinski definition) is 0. The summed E-state index contributed by atoms with van der Waals surface area (Å²) in [5, 5.41) is 0. The van der Waals surface area contributed by atoms with E-state index in [-0.39, 0.29) is 29.9 Å². The zero-order chi connectivity index (χ0) is 20.0. The molecule has 0 amide bonds. The SMILES string of the molecule is CCC(=O)Oc1cccc(CC)c1COc1cc(F)c(CC)cc1C(F)F. The van der Waals surface area contributed by atoms with Crippen molar-refractivity contribution in [2.75, 3.05) is 0 Å². The summed E-state index contributed by atoms with van der Waals surface area (Å²) in [4.78, 5) is 11.7. The summed E-state index contributed by atoms with van der Waals surface area (Å²) in [7, 11) is 0. The predicted octanol–water partition coefficient (Wildman–Crippen LogP) is 5.78. The number of ether oxygens (including phenoxy) is 2. The molecule has 0 bridgehead atoms. The number of carbonyl (C=O) groups excluding carboxylic acids is 1. The van der Waals surface area contributed by atoms with Gasteiger partial charge >= 0.3 is 5.97 Å². The van der Waals surface area contributed by atoms with Crippen LogP contribution in [0.1, 0.15) is 55.9 Å². The summed E-state index contributed by atoms with van der Waals surface area (Å²) >= 11 is 0. The van der Waals surface area contributed by atoms with Gasteiger partial charge in [-0.2, -0.15) is 0 Å². The molecule has 0 N–H and O–H groups in total. The molecule has 3 nitrogen and oxygen atoms in total. The summed E-state index contributed by atoms with van der Waals surface area (Å²) in [5.74, 6) is -0.877. The van der Waals surface area contributed by atoms with Crippen molar-refractivity contribution in [2.24, 2.45) is 0 Å². The minimum Gasteiger partial charge on any atom is -0.488 e. The maximum absolute atomic E-state index is 14.1. The lowest BCUT2D eigenvalue weighted by molar-refractivity contribution is -0.134. The van der Waals surface area contributed by atoms with Gasteiger partial charge in [0.1, 0.15) is 23.9 Å². The van der Waals surface area contributed by atoms with Crippen LogP contribution in [0.3, 0.4) is 0 Å². The van der Waals surface area contributed by atoms with Crippen molar-refractivity contribution >= 4 is 5.97 Å². The molecule has 2 aromatic rings. The van der Waals surface area contributed by atoms with E-state index < -0.39 is 18.2 Å². The van der Waals surface area contributed by atoms with Gasteiger partial charge in [-0.15, -0.1) is 0 Å². The lowest BCUT2D eigenvalue weighted by Gasteiger charge is -2.17. The topological polar surface area (TPSA) is 35.5 Å². The number of halogens is 3. The van der Waals surface area contributed by atoms with Gasteiger partial charge in [0.15, 0.2) is 0 Å². The average Bonchev–Trinajstić information content (AvgIpc) is 2.66. The molecule has 0 aliphatic rings. The zero-order valence-corrected chi connectivity index (χ0v) is 15.7. The van der Waals surface area contributed by atoms with Gasteiger partial charge in [-0.3, -0.25) is 4.79 Å². The monoisotopic (exact) mass is 380 g/mol. The first-order chi connectivity index (χ1) is 12.9. The van der Waals surface area contributed by atoms with Crippen LogP contribution in [0, 0.1) is 5.82 Å². The third-order valence-corrected chi connectivity index (χ3v) is 4.29. The quantitative estimate of drug-likeness (QED) is 0.430. The Morgan fingerprint density at radius 2 is 1.74 bits per heavy atom. The van der Waals surface area contributed by atoms with Gasteiger partial charge in [-0.05, 0) is 36.1 Å². The number of benzene rings is 2. The summed E-state index contributed by atoms with van der Waals surface area (Å²) in [6.45, 7) is 5.18. The Hall–Kier alpha value is -2.50. The molecular formula is C21H23F3O3. The highest BCUT2D eigenvalue weighted by atomic mass is 19.3. The first-order valence-electron chi connectivity index (χ1n) is 8.95. The average molecular weight is 380 g/mol. The minimum atomic E-state index is -2.79. The fourth-order valence-corrected chi connectivity index (χ4v) is 2.73. The Morgan fingerprint density at radius 3 is 2.33 bits per heavy atom. The standard InChI is InChI=1S/C21H23F3O3/c1-4-13-8-7-9-18(27-20(25)6-3)16(13)12-26-19-11-17(22)14(5-2)10-15(19)21(23)24/h7-11,21H,4-6,12H2,1-3H3. The van der Waals surface area contributed by atoms with Crippen molar-refractivity contribution in [2.45, 2.75) is 53.1 Å². The Morgan fingerprint density at radius 1 is 1.04 bits per heavy atom. The third-order valence-electron chi connectivity index (χ3n) is 4.29. The van der Waals surface area contributed by atoms with Gasteiger partial charge in [0.05, 0.1) is 5.56 Å². The highest BCUT2D eigenvalue weighted by Crippen LogP contribution is 2.33. The maximum atomic E-state index is 14.1. The molecule has 0 fully saturated rings. The van der Waals surface area contributed by atoms with Crippen LogP contribution in [0.5, 0.6) is 11.5 Å². The first kappa shape index (κ1) is 20.8. The van der Waals surface area contributed by atoms with Gasteiger partial charge in [-0.1, -0.05) is 32.9 Å². The highest BCUT2D eigenvalue weighted by molar-refractivity contribution is 5.72. The second kappa shape index (κ2) is 9.44. The van der Waals surface area contributed by atoms with E-state index in [9.17, 15) is 18.0 Å². The molecule has 0 spiro atoms. The highest BCUT2D eigenvalue weighted by Gasteiger charge is 2.19. The fraction of sp³-hybridized carbons (Fsp3) is 0.381. The fourth-order valence-electron chi connectivity index (χ4n) is 2.73. The Bertz CT molecular complexity index is 803. The maximum Gasteiger partial charge on any atom is 0.310 e. The van der Waals surface area contributed by atoms with E-state index in [1.54, 1.807) is 26.0 Å². The molecule has 27 heavy (non-hydrogen) atoms. The van der Waals surface area contributed by atoms with Crippen LogP contribution in [0.15, 0.2) is 30.3 Å². The molecule has 0 saturated carbocycles. The second-order valence-electron chi connectivity index (χ2n) is 6.00. The van der Waals surface area contributed by atoms with Crippen molar-refractivity contribution in [3.8, 4) is 11.5 Å². The van der Waals surface area contributed by atoms with E-state index in [2.05, 4.69) is 0 Å². The Labute approximate surface area is 157 Å². The number of alkyl halides is 2. The molecule has 146 valence electrons. The van der Waals surface area contributed by atoms with E-state index in [0.717, 1.165) is 17.7 Å². The van der Waals surface area contributed by atoms with Crippen LogP contribution in [-0.4, -0.2) is 5.97 Å². The summed E-state index contributed by atoms with van der Waals surface area (Å²) < 4.78 is 51.7. The van der Waals surface area contributed by atoms with Crippen LogP contribution >= 0.6 is 0 Å². The van der Waals surface area contributed by atoms with Gasteiger partial charge in [0.2, 0.25) is 0 Å². The smallest absolute Gasteiger partial charge is 0.310 e. The van der Waals surface area contributed by atoms with Gasteiger partial charge in [0.25, 0.3) is 6.43 Å². The van der Waals surface area contributed by atoms with Gasteiger partial charge < -0.3 is 9.47 Å². The van der Waals surface area contributed by atoms with Gasteiger partial charge in [-0.25, -0.2) is 13.2 Å². The van der Waals surface area contributed by atoms with Crippen LogP contribution in [0.2, 0.25) is 0 Å². The third kappa shape index (κ3) is 5.02. The largest absolute Gasteiger partial charge is 0.488 e. The molecule has 0 atom stereocenters. The molecule has 0 saturated heterocycles. The molecule has 6 heteroatoms. The Kier molecular flexibility index (Phi) is 7.28. The van der Waals surface area contributed by atoms with Crippen LogP contribution in [0.4, 0.5) is 13.2 Å². The van der Waals surface area contributed by atoms with E-state index in [1.807, 2.05) is 13.0 Å². The summed E-state index contributed by atoms with van der Waals surface area (Å²) in [6, 6.07) is 7.35. The van der Waals surface area contributed by atoms with Crippen molar-refractivity contribution in [1.29, 1.82) is 0 Å². The van der Waals surface area contributed by atoms with Crippen molar-refractivity contribution in [3.05, 3.63) is 58.4 Å². The summed E-state index contributed by atoms with van der Waals surface area (Å²) in [6.07, 6.45) is -1.64. The zero-order valence-electron chi connectivity index (χ0n) is 15.7. The molecule has 0 aliphatic carbocycles. The molecular weight excluding hydrogens is 357 g/mol. The predicted molar refractivity (Wildman–Crippen MR) is 96.8 cm³/mol. The van der Waals surface area contributed by atoms with Crippen LogP contribution in [-0.2, 0) is 24.2 Å². The van der Waals surface area contributed by atoms with Crippen molar-refractivity contribution in [3.63, 3.8) is 0 Å². The molecule has 0 aliphatic heterocycles. The molecule has 0 heterocycles. The number of aryl methyl sites for hydroxylation is 2. The number of esters is 1. The molecule has 2 aromatic carbocycles. The normalized spacial score (nSPS) is 10.9. The number of hydrogen-bond acceptors (Lipinski definition) is 3. The Balaban J connectivity index is 2.36. The van der Waals surface area contributed by atoms with E-state index in [1.165, 1.54) is 0 Å². The lowest BCUT2D eigenvalue weighted by Crippen LogP contribution is -2.10. The second-order valence-corrected chi connectivity index (χ2v) is 6.00. The van der Waals surface area contributed by atoms with E-state index >= 15 is 0 Å². The van der Waals surface area contributed by atoms with E-state index in [0.29, 0.717) is 24.2 Å². The number of rotatable bonds is 8. The van der Waals surface area contributed by atoms with Crippen LogP contribution < -0.4 is 9.47 Å². The minimum absolute atomic E-state index is 0.110. The first-order valence-corrected chi connectivity index (χ1v) is 8.95. The van der Waals surface area contributed by atoms with Gasteiger partial charge in [0, 0.05) is 18.1 Å². The van der Waals surface area contributed by atoms with Crippen LogP contribution in [0.25, 0.3) is 0 Å². The van der Waals surface area contributed by atoms with Crippen molar-refractivity contribution < 1.29 is 27.4 Å². The number of carbonyl (C=O) groups is 1. The molecule has 0 aromatic heterocycles. The van der Waals surface area contributed by atoms with E-state index in [4.69, 9.17) is 9.47 Å².